The van der Waals surface area contributed by atoms with Crippen molar-refractivity contribution in [1.82, 2.24) is 4.98 Å². The molecule has 2 rings (SSSR count). The van der Waals surface area contributed by atoms with Crippen LogP contribution >= 0.6 is 0 Å². The Morgan fingerprint density at radius 2 is 1.72 bits per heavy atom. The standard InChI is InChI=1S/C11H12F4N2O/c1-18-5-4-17(6-2-3-6)9-7(12)10(14)16-11(15)8(9)13/h6H,2-5H2,1H3. The SMILES string of the molecule is COCCN(c1c(F)c(F)nc(F)c1F)C1CC1. The summed E-state index contributed by atoms with van der Waals surface area (Å²) >= 11 is 0. The number of hydrogen-bond donors (Lipinski definition) is 0. The number of nitrogens with zero attached hydrogens (tertiary/aromatic N) is 2. The van der Waals surface area contributed by atoms with E-state index >= 15 is 0 Å². The number of anilines is 1. The molecule has 3 nitrogen and oxygen atoms in total. The summed E-state index contributed by atoms with van der Waals surface area (Å²) in [6, 6.07) is -0.106. The summed E-state index contributed by atoms with van der Waals surface area (Å²) in [5, 5.41) is 0. The van der Waals surface area contributed by atoms with Gasteiger partial charge in [0.15, 0.2) is 0 Å². The van der Waals surface area contributed by atoms with E-state index in [0.29, 0.717) is 0 Å². The van der Waals surface area contributed by atoms with Crippen LogP contribution in [0.5, 0.6) is 0 Å². The number of pyridine rings is 1. The molecule has 0 bridgehead atoms. The first-order valence-corrected chi connectivity index (χ1v) is 5.51. The van der Waals surface area contributed by atoms with Gasteiger partial charge in [-0.3, -0.25) is 0 Å². The maximum absolute atomic E-state index is 13.6. The molecule has 1 fully saturated rings. The summed E-state index contributed by atoms with van der Waals surface area (Å²) < 4.78 is 58.1. The molecule has 0 aromatic carbocycles. The minimum absolute atomic E-state index is 0.106. The average Bonchev–Trinajstić information content (AvgIpc) is 3.15. The van der Waals surface area contributed by atoms with Crippen molar-refractivity contribution in [3.8, 4) is 0 Å². The number of hydrogen-bond acceptors (Lipinski definition) is 3. The molecule has 1 aliphatic carbocycles. The Balaban J connectivity index is 2.39. The number of rotatable bonds is 5. The van der Waals surface area contributed by atoms with E-state index in [1.807, 2.05) is 0 Å². The lowest BCUT2D eigenvalue weighted by Gasteiger charge is -2.25. The summed E-state index contributed by atoms with van der Waals surface area (Å²) in [6.45, 7) is 0.374. The number of ether oxygens (including phenoxy) is 1. The van der Waals surface area contributed by atoms with Crippen molar-refractivity contribution in [2.75, 3.05) is 25.2 Å². The zero-order valence-electron chi connectivity index (χ0n) is 9.72. The van der Waals surface area contributed by atoms with Crippen LogP contribution in [0.3, 0.4) is 0 Å². The van der Waals surface area contributed by atoms with Gasteiger partial charge in [-0.15, -0.1) is 0 Å². The molecule has 0 spiro atoms. The second kappa shape index (κ2) is 5.09. The molecule has 1 aliphatic rings. The van der Waals surface area contributed by atoms with E-state index in [4.69, 9.17) is 4.74 Å². The van der Waals surface area contributed by atoms with Crippen LogP contribution < -0.4 is 4.90 Å². The summed E-state index contributed by atoms with van der Waals surface area (Å²) in [5.74, 6) is -6.19. The largest absolute Gasteiger partial charge is 0.383 e. The normalized spacial score (nSPS) is 14.9. The van der Waals surface area contributed by atoms with Crippen LogP contribution in [0.1, 0.15) is 12.8 Å². The number of aromatic nitrogens is 1. The van der Waals surface area contributed by atoms with Gasteiger partial charge >= 0.3 is 0 Å². The Morgan fingerprint density at radius 1 is 1.17 bits per heavy atom. The molecule has 1 saturated carbocycles. The Morgan fingerprint density at radius 3 is 2.17 bits per heavy atom. The third kappa shape index (κ3) is 2.40. The van der Waals surface area contributed by atoms with Crippen molar-refractivity contribution >= 4 is 5.69 Å². The molecule has 0 saturated heterocycles. The summed E-state index contributed by atoms with van der Waals surface area (Å²) in [6.07, 6.45) is 1.46. The molecule has 18 heavy (non-hydrogen) atoms. The third-order valence-electron chi connectivity index (χ3n) is 2.79. The number of methoxy groups -OCH3 is 1. The van der Waals surface area contributed by atoms with Crippen molar-refractivity contribution < 1.29 is 22.3 Å². The van der Waals surface area contributed by atoms with E-state index in [-0.39, 0.29) is 19.2 Å². The maximum Gasteiger partial charge on any atom is 0.253 e. The molecule has 0 unspecified atom stereocenters. The van der Waals surface area contributed by atoms with Gasteiger partial charge in [0, 0.05) is 19.7 Å². The molecule has 100 valence electrons. The van der Waals surface area contributed by atoms with Gasteiger partial charge in [0.05, 0.1) is 6.61 Å². The monoisotopic (exact) mass is 264 g/mol. The fourth-order valence-electron chi connectivity index (χ4n) is 1.78. The van der Waals surface area contributed by atoms with E-state index in [9.17, 15) is 17.6 Å². The third-order valence-corrected chi connectivity index (χ3v) is 2.79. The number of halogens is 4. The van der Waals surface area contributed by atoms with Crippen LogP contribution in [-0.4, -0.2) is 31.3 Å². The first-order valence-electron chi connectivity index (χ1n) is 5.51. The van der Waals surface area contributed by atoms with E-state index in [0.717, 1.165) is 12.8 Å². The fourth-order valence-corrected chi connectivity index (χ4v) is 1.78. The average molecular weight is 264 g/mol. The first-order chi connectivity index (χ1) is 8.56. The molecule has 0 aliphatic heterocycles. The van der Waals surface area contributed by atoms with Crippen molar-refractivity contribution in [3.63, 3.8) is 0 Å². The smallest absolute Gasteiger partial charge is 0.253 e. The molecular weight excluding hydrogens is 252 g/mol. The van der Waals surface area contributed by atoms with Crippen molar-refractivity contribution in [2.45, 2.75) is 18.9 Å². The molecule has 7 heteroatoms. The lowest BCUT2D eigenvalue weighted by Crippen LogP contribution is -2.32. The topological polar surface area (TPSA) is 25.4 Å². The van der Waals surface area contributed by atoms with E-state index < -0.39 is 29.2 Å². The molecule has 0 N–H and O–H groups in total. The summed E-state index contributed by atoms with van der Waals surface area (Å²) in [7, 11) is 1.44. The lowest BCUT2D eigenvalue weighted by atomic mass is 10.3. The molecule has 0 radical (unpaired) electrons. The second-order valence-corrected chi connectivity index (χ2v) is 4.09. The van der Waals surface area contributed by atoms with Crippen LogP contribution in [0.25, 0.3) is 0 Å². The van der Waals surface area contributed by atoms with Crippen LogP contribution in [0.2, 0.25) is 0 Å². The van der Waals surface area contributed by atoms with E-state index in [2.05, 4.69) is 4.98 Å². The van der Waals surface area contributed by atoms with Crippen LogP contribution in [0.4, 0.5) is 23.2 Å². The highest BCUT2D eigenvalue weighted by atomic mass is 19.2. The molecule has 0 atom stereocenters. The fraction of sp³-hybridized carbons (Fsp3) is 0.545. The zero-order valence-corrected chi connectivity index (χ0v) is 9.72. The Labute approximate surface area is 101 Å². The Kier molecular flexibility index (Phi) is 3.70. The van der Waals surface area contributed by atoms with Crippen molar-refractivity contribution in [2.24, 2.45) is 0 Å². The minimum Gasteiger partial charge on any atom is -0.383 e. The predicted octanol–water partition coefficient (Wildman–Crippen LogP) is 2.25. The van der Waals surface area contributed by atoms with Crippen molar-refractivity contribution in [3.05, 3.63) is 23.5 Å². The van der Waals surface area contributed by atoms with E-state index in [1.54, 1.807) is 0 Å². The first kappa shape index (κ1) is 13.1. The molecular formula is C11H12F4N2O. The van der Waals surface area contributed by atoms with Gasteiger partial charge in [-0.1, -0.05) is 0 Å². The van der Waals surface area contributed by atoms with Gasteiger partial charge in [0.2, 0.25) is 11.6 Å². The van der Waals surface area contributed by atoms with Gasteiger partial charge in [-0.05, 0) is 12.8 Å². The van der Waals surface area contributed by atoms with E-state index in [1.165, 1.54) is 12.0 Å². The Hall–Kier alpha value is -1.37. The highest BCUT2D eigenvalue weighted by molar-refractivity contribution is 5.50. The van der Waals surface area contributed by atoms with Gasteiger partial charge in [-0.25, -0.2) is 0 Å². The molecule has 1 aromatic heterocycles. The van der Waals surface area contributed by atoms with Crippen molar-refractivity contribution in [1.29, 1.82) is 0 Å². The predicted molar refractivity (Wildman–Crippen MR) is 56.3 cm³/mol. The lowest BCUT2D eigenvalue weighted by molar-refractivity contribution is 0.204. The second-order valence-electron chi connectivity index (χ2n) is 4.09. The van der Waals surface area contributed by atoms with Gasteiger partial charge in [-0.2, -0.15) is 22.5 Å². The van der Waals surface area contributed by atoms with Gasteiger partial charge in [0.1, 0.15) is 5.69 Å². The minimum atomic E-state index is -1.63. The van der Waals surface area contributed by atoms with Crippen LogP contribution in [0.15, 0.2) is 0 Å². The molecule has 1 heterocycles. The zero-order chi connectivity index (χ0) is 13.3. The maximum atomic E-state index is 13.6. The van der Waals surface area contributed by atoms with Crippen LogP contribution in [-0.2, 0) is 4.74 Å². The molecule has 1 aromatic rings. The van der Waals surface area contributed by atoms with Gasteiger partial charge in [0.25, 0.3) is 11.9 Å². The highest BCUT2D eigenvalue weighted by Crippen LogP contribution is 2.35. The quantitative estimate of drug-likeness (QED) is 0.602. The van der Waals surface area contributed by atoms with Crippen LogP contribution in [0, 0.1) is 23.5 Å². The summed E-state index contributed by atoms with van der Waals surface area (Å²) in [5.41, 5.74) is -0.695. The highest BCUT2D eigenvalue weighted by Gasteiger charge is 2.34. The molecule has 0 amide bonds. The summed E-state index contributed by atoms with van der Waals surface area (Å²) in [4.78, 5) is 3.83. The van der Waals surface area contributed by atoms with Gasteiger partial charge < -0.3 is 9.64 Å². The Bertz CT molecular complexity index is 425.